The number of nitrogens with two attached hydrogens (primary N) is 2. The largest absolute Gasteiger partial charge is 0.318 e. The van der Waals surface area contributed by atoms with Crippen LogP contribution in [0.3, 0.4) is 0 Å². The molecule has 0 amide bonds. The molecule has 0 atom stereocenters. The van der Waals surface area contributed by atoms with Crippen molar-refractivity contribution < 1.29 is 0 Å². The van der Waals surface area contributed by atoms with Gasteiger partial charge in [-0.25, -0.2) is 0 Å². The highest BCUT2D eigenvalue weighted by Gasteiger charge is 2.51. The van der Waals surface area contributed by atoms with Crippen molar-refractivity contribution in [2.45, 2.75) is 23.9 Å². The minimum absolute atomic E-state index is 0.353. The van der Waals surface area contributed by atoms with E-state index in [-0.39, 0.29) is 11.1 Å². The fourth-order valence-electron chi connectivity index (χ4n) is 3.75. The molecule has 0 saturated carbocycles. The van der Waals surface area contributed by atoms with Crippen molar-refractivity contribution in [1.82, 2.24) is 0 Å². The summed E-state index contributed by atoms with van der Waals surface area (Å²) in [5.74, 6) is 0. The molecule has 0 fully saturated rings. The molecule has 5 rings (SSSR count). The molecule has 3 aliphatic rings. The van der Waals surface area contributed by atoms with Gasteiger partial charge in [0.25, 0.3) is 0 Å². The second kappa shape index (κ2) is 3.02. The highest BCUT2D eigenvalue weighted by Crippen LogP contribution is 2.54. The van der Waals surface area contributed by atoms with Gasteiger partial charge in [-0.05, 0) is 35.1 Å². The van der Waals surface area contributed by atoms with Crippen LogP contribution < -0.4 is 11.5 Å². The van der Waals surface area contributed by atoms with Gasteiger partial charge in [-0.1, -0.05) is 48.5 Å². The van der Waals surface area contributed by atoms with Crippen molar-refractivity contribution >= 4 is 0 Å². The summed E-state index contributed by atoms with van der Waals surface area (Å²) in [4.78, 5) is 0. The maximum Gasteiger partial charge on any atom is 0.0673 e. The summed E-state index contributed by atoms with van der Waals surface area (Å²) in [6.45, 7) is 0. The molecule has 3 aliphatic carbocycles. The van der Waals surface area contributed by atoms with Gasteiger partial charge < -0.3 is 11.5 Å². The first-order valence-electron chi connectivity index (χ1n) is 6.44. The van der Waals surface area contributed by atoms with Gasteiger partial charge in [0.1, 0.15) is 0 Å². The van der Waals surface area contributed by atoms with Crippen molar-refractivity contribution in [1.29, 1.82) is 0 Å². The molecule has 0 saturated heterocycles. The second-order valence-electron chi connectivity index (χ2n) is 5.53. The van der Waals surface area contributed by atoms with Crippen molar-refractivity contribution in [2.24, 2.45) is 11.5 Å². The molecule has 4 N–H and O–H groups in total. The Bertz CT molecular complexity index is 542. The van der Waals surface area contributed by atoms with Crippen LogP contribution in [0.4, 0.5) is 0 Å². The third-order valence-electron chi connectivity index (χ3n) is 4.69. The third-order valence-corrected chi connectivity index (χ3v) is 4.69. The Labute approximate surface area is 107 Å². The van der Waals surface area contributed by atoms with Crippen LogP contribution in [-0.2, 0) is 11.1 Å². The van der Waals surface area contributed by atoms with E-state index in [1.807, 2.05) is 0 Å². The smallest absolute Gasteiger partial charge is 0.0673 e. The lowest BCUT2D eigenvalue weighted by atomic mass is 9.56. The topological polar surface area (TPSA) is 52.0 Å². The molecule has 2 heteroatoms. The van der Waals surface area contributed by atoms with E-state index in [9.17, 15) is 0 Å². The van der Waals surface area contributed by atoms with Crippen molar-refractivity contribution in [3.8, 4) is 0 Å². The van der Waals surface area contributed by atoms with Crippen LogP contribution in [0.15, 0.2) is 48.5 Å². The average molecular weight is 236 g/mol. The minimum Gasteiger partial charge on any atom is -0.318 e. The van der Waals surface area contributed by atoms with E-state index < -0.39 is 0 Å². The Hall–Kier alpha value is -1.64. The lowest BCUT2D eigenvalue weighted by molar-refractivity contribution is 0.303. The van der Waals surface area contributed by atoms with Gasteiger partial charge in [0.05, 0.1) is 11.1 Å². The molecule has 2 aromatic rings. The molecular weight excluding hydrogens is 220 g/mol. The first kappa shape index (κ1) is 10.3. The van der Waals surface area contributed by atoms with E-state index in [0.29, 0.717) is 0 Å². The van der Waals surface area contributed by atoms with Gasteiger partial charge in [-0.3, -0.25) is 0 Å². The lowest BCUT2D eigenvalue weighted by Crippen LogP contribution is -2.57. The quantitative estimate of drug-likeness (QED) is 0.736. The summed E-state index contributed by atoms with van der Waals surface area (Å²) in [5.41, 5.74) is 17.6. The summed E-state index contributed by atoms with van der Waals surface area (Å²) in [6, 6.07) is 16.7. The maximum atomic E-state index is 6.72. The Morgan fingerprint density at radius 3 is 1.17 bits per heavy atom. The molecule has 0 unspecified atom stereocenters. The van der Waals surface area contributed by atoms with Gasteiger partial charge in [0.2, 0.25) is 0 Å². The van der Waals surface area contributed by atoms with Crippen LogP contribution in [0.25, 0.3) is 0 Å². The van der Waals surface area contributed by atoms with Crippen LogP contribution in [0.1, 0.15) is 35.1 Å². The van der Waals surface area contributed by atoms with Crippen LogP contribution in [0.5, 0.6) is 0 Å². The molecule has 0 radical (unpaired) electrons. The highest BCUT2D eigenvalue weighted by molar-refractivity contribution is 5.60. The molecule has 0 spiro atoms. The van der Waals surface area contributed by atoms with Crippen LogP contribution in [-0.4, -0.2) is 0 Å². The maximum absolute atomic E-state index is 6.72. The zero-order valence-electron chi connectivity index (χ0n) is 10.2. The molecule has 2 nitrogen and oxygen atoms in total. The first-order valence-corrected chi connectivity index (χ1v) is 6.44. The molecular formula is C16H16N2. The predicted octanol–water partition coefficient (Wildman–Crippen LogP) is 2.20. The summed E-state index contributed by atoms with van der Waals surface area (Å²) in [7, 11) is 0. The standard InChI is InChI=1S/C16H16N2/c17-15-9-10-16(18,12-6-2-1-5-11(12)15)14-8-4-3-7-13(14)15/h1-8H,9-10,17-18H2. The van der Waals surface area contributed by atoms with Gasteiger partial charge >= 0.3 is 0 Å². The first-order chi connectivity index (χ1) is 8.66. The summed E-state index contributed by atoms with van der Waals surface area (Å²) < 4.78 is 0. The van der Waals surface area contributed by atoms with E-state index in [1.54, 1.807) is 0 Å². The number of benzene rings is 2. The van der Waals surface area contributed by atoms with E-state index in [0.717, 1.165) is 12.8 Å². The SMILES string of the molecule is NC12CCC(N)(c3ccccc31)c1ccccc12. The summed E-state index contributed by atoms with van der Waals surface area (Å²) in [5, 5.41) is 0. The van der Waals surface area contributed by atoms with Crippen LogP contribution >= 0.6 is 0 Å². The monoisotopic (exact) mass is 236 g/mol. The molecule has 2 bridgehead atoms. The number of hydrogen-bond acceptors (Lipinski definition) is 2. The number of fused-ring (bicyclic) bond motifs is 1. The molecule has 0 aliphatic heterocycles. The normalized spacial score (nSPS) is 31.9. The number of rotatable bonds is 0. The Morgan fingerprint density at radius 2 is 0.889 bits per heavy atom. The summed E-state index contributed by atoms with van der Waals surface area (Å²) >= 11 is 0. The predicted molar refractivity (Wildman–Crippen MR) is 72.1 cm³/mol. The number of hydrogen-bond donors (Lipinski definition) is 2. The molecule has 18 heavy (non-hydrogen) atoms. The molecule has 0 aromatic heterocycles. The average Bonchev–Trinajstić information content (AvgIpc) is 2.43. The highest BCUT2D eigenvalue weighted by atomic mass is 14.9. The zero-order chi connectivity index (χ0) is 12.4. The minimum atomic E-state index is -0.353. The van der Waals surface area contributed by atoms with E-state index in [1.165, 1.54) is 22.3 Å². The van der Waals surface area contributed by atoms with Gasteiger partial charge in [0.15, 0.2) is 0 Å². The van der Waals surface area contributed by atoms with Crippen molar-refractivity contribution in [2.75, 3.05) is 0 Å². The second-order valence-corrected chi connectivity index (χ2v) is 5.53. The van der Waals surface area contributed by atoms with Crippen molar-refractivity contribution in [3.63, 3.8) is 0 Å². The Morgan fingerprint density at radius 1 is 0.611 bits per heavy atom. The molecule has 90 valence electrons. The van der Waals surface area contributed by atoms with Crippen LogP contribution in [0, 0.1) is 0 Å². The molecule has 0 heterocycles. The summed E-state index contributed by atoms with van der Waals surface area (Å²) in [6.07, 6.45) is 1.86. The van der Waals surface area contributed by atoms with E-state index >= 15 is 0 Å². The van der Waals surface area contributed by atoms with Crippen molar-refractivity contribution in [3.05, 3.63) is 70.8 Å². The van der Waals surface area contributed by atoms with Gasteiger partial charge in [-0.2, -0.15) is 0 Å². The Balaban J connectivity index is 2.16. The van der Waals surface area contributed by atoms with Crippen LogP contribution in [0.2, 0.25) is 0 Å². The molecule has 2 aromatic carbocycles. The third kappa shape index (κ3) is 0.972. The fraction of sp³-hybridized carbons (Fsp3) is 0.250. The zero-order valence-corrected chi connectivity index (χ0v) is 10.2. The van der Waals surface area contributed by atoms with Gasteiger partial charge in [0, 0.05) is 0 Å². The lowest BCUT2D eigenvalue weighted by Gasteiger charge is -2.52. The van der Waals surface area contributed by atoms with E-state index in [4.69, 9.17) is 11.5 Å². The fourth-order valence-corrected chi connectivity index (χ4v) is 3.75. The Kier molecular flexibility index (Phi) is 1.73. The van der Waals surface area contributed by atoms with E-state index in [2.05, 4.69) is 48.5 Å². The van der Waals surface area contributed by atoms with Gasteiger partial charge in [-0.15, -0.1) is 0 Å².